The van der Waals surface area contributed by atoms with Gasteiger partial charge in [0.15, 0.2) is 0 Å². The van der Waals surface area contributed by atoms with E-state index in [-0.39, 0.29) is 0 Å². The van der Waals surface area contributed by atoms with Gasteiger partial charge in [-0.05, 0) is 37.1 Å². The fraction of sp³-hybridized carbons (Fsp3) is 0.263. The summed E-state index contributed by atoms with van der Waals surface area (Å²) in [7, 11) is 0. The summed E-state index contributed by atoms with van der Waals surface area (Å²) in [6.07, 6.45) is 4.03. The fourth-order valence-electron chi connectivity index (χ4n) is 3.00. The molecular weight excluding hydrogens is 288 g/mol. The van der Waals surface area contributed by atoms with Crippen molar-refractivity contribution in [3.63, 3.8) is 0 Å². The number of hydrogen-bond acceptors (Lipinski definition) is 3. The lowest BCUT2D eigenvalue weighted by Crippen LogP contribution is -2.27. The Kier molecular flexibility index (Phi) is 3.90. The van der Waals surface area contributed by atoms with Gasteiger partial charge in [0.25, 0.3) is 0 Å². The van der Waals surface area contributed by atoms with E-state index in [0.717, 1.165) is 54.1 Å². The van der Waals surface area contributed by atoms with Crippen LogP contribution < -0.4 is 10.1 Å². The number of rotatable bonds is 4. The summed E-state index contributed by atoms with van der Waals surface area (Å²) in [6, 6.07) is 16.5. The van der Waals surface area contributed by atoms with E-state index in [4.69, 9.17) is 9.47 Å². The molecule has 0 amide bonds. The molecular formula is C19H20N2O2. The molecule has 2 aromatic carbocycles. The van der Waals surface area contributed by atoms with Crippen LogP contribution in [-0.4, -0.2) is 24.2 Å². The second-order valence-electron chi connectivity index (χ2n) is 5.86. The van der Waals surface area contributed by atoms with Crippen molar-refractivity contribution in [1.29, 1.82) is 0 Å². The molecule has 2 heterocycles. The summed E-state index contributed by atoms with van der Waals surface area (Å²) in [5, 5.41) is 4.79. The number of fused-ring (bicyclic) bond motifs is 1. The molecule has 23 heavy (non-hydrogen) atoms. The predicted molar refractivity (Wildman–Crippen MR) is 92.3 cm³/mol. The van der Waals surface area contributed by atoms with E-state index in [1.54, 1.807) is 0 Å². The van der Waals surface area contributed by atoms with Crippen molar-refractivity contribution < 1.29 is 9.47 Å². The molecule has 0 saturated carbocycles. The molecule has 2 N–H and O–H groups in total. The summed E-state index contributed by atoms with van der Waals surface area (Å²) >= 11 is 0. The number of hydrogen-bond donors (Lipinski definition) is 2. The van der Waals surface area contributed by atoms with Crippen molar-refractivity contribution in [2.75, 3.05) is 18.5 Å². The molecule has 1 aliphatic heterocycles. The van der Waals surface area contributed by atoms with Gasteiger partial charge in [0.05, 0.1) is 11.2 Å². The van der Waals surface area contributed by atoms with Crippen LogP contribution >= 0.6 is 0 Å². The zero-order valence-corrected chi connectivity index (χ0v) is 12.9. The number of ether oxygens (including phenoxy) is 2. The SMILES string of the molecule is c1ccc(Oc2cc(NC3CCOCC3)c3[nH]ccc3c2)cc1. The summed E-state index contributed by atoms with van der Waals surface area (Å²) in [5.41, 5.74) is 2.21. The van der Waals surface area contributed by atoms with Gasteiger partial charge < -0.3 is 19.8 Å². The molecule has 1 aliphatic rings. The minimum atomic E-state index is 0.447. The topological polar surface area (TPSA) is 46.3 Å². The van der Waals surface area contributed by atoms with Crippen LogP contribution in [0.3, 0.4) is 0 Å². The smallest absolute Gasteiger partial charge is 0.130 e. The lowest BCUT2D eigenvalue weighted by molar-refractivity contribution is 0.0905. The summed E-state index contributed by atoms with van der Waals surface area (Å²) in [5.74, 6) is 1.69. The largest absolute Gasteiger partial charge is 0.457 e. The van der Waals surface area contributed by atoms with Gasteiger partial charge in [0, 0.05) is 36.9 Å². The van der Waals surface area contributed by atoms with Crippen LogP contribution in [-0.2, 0) is 4.74 Å². The Balaban J connectivity index is 1.64. The highest BCUT2D eigenvalue weighted by atomic mass is 16.5. The number of aromatic amines is 1. The van der Waals surface area contributed by atoms with Crippen LogP contribution in [0.4, 0.5) is 5.69 Å². The third kappa shape index (κ3) is 3.17. The van der Waals surface area contributed by atoms with Crippen LogP contribution in [0.1, 0.15) is 12.8 Å². The van der Waals surface area contributed by atoms with Crippen LogP contribution in [0.15, 0.2) is 54.7 Å². The predicted octanol–water partition coefficient (Wildman–Crippen LogP) is 4.55. The Labute approximate surface area is 135 Å². The van der Waals surface area contributed by atoms with E-state index in [1.165, 1.54) is 0 Å². The van der Waals surface area contributed by atoms with Crippen molar-refractivity contribution in [2.24, 2.45) is 0 Å². The van der Waals surface area contributed by atoms with Crippen molar-refractivity contribution >= 4 is 16.6 Å². The standard InChI is InChI=1S/C19H20N2O2/c1-2-4-16(5-3-1)23-17-12-14-6-9-20-19(14)18(13-17)21-15-7-10-22-11-8-15/h1-6,9,12-13,15,20-21H,7-8,10-11H2. The van der Waals surface area contributed by atoms with Gasteiger partial charge in [-0.25, -0.2) is 0 Å². The minimum absolute atomic E-state index is 0.447. The molecule has 0 aliphatic carbocycles. The van der Waals surface area contributed by atoms with Gasteiger partial charge in [0.2, 0.25) is 0 Å². The van der Waals surface area contributed by atoms with E-state index in [9.17, 15) is 0 Å². The van der Waals surface area contributed by atoms with Crippen LogP contribution in [0.2, 0.25) is 0 Å². The molecule has 0 atom stereocenters. The van der Waals surface area contributed by atoms with Crippen LogP contribution in [0.25, 0.3) is 10.9 Å². The second-order valence-corrected chi connectivity index (χ2v) is 5.86. The maximum Gasteiger partial charge on any atom is 0.130 e. The fourth-order valence-corrected chi connectivity index (χ4v) is 3.00. The molecule has 4 rings (SSSR count). The monoisotopic (exact) mass is 308 g/mol. The highest BCUT2D eigenvalue weighted by Crippen LogP contribution is 2.32. The first-order chi connectivity index (χ1) is 11.4. The first kappa shape index (κ1) is 14.2. The normalized spacial score (nSPS) is 15.7. The third-order valence-corrected chi connectivity index (χ3v) is 4.19. The molecule has 1 fully saturated rings. The van der Waals surface area contributed by atoms with Gasteiger partial charge in [-0.3, -0.25) is 0 Å². The van der Waals surface area contributed by atoms with Gasteiger partial charge in [-0.1, -0.05) is 18.2 Å². The van der Waals surface area contributed by atoms with Gasteiger partial charge >= 0.3 is 0 Å². The number of anilines is 1. The quantitative estimate of drug-likeness (QED) is 0.743. The highest BCUT2D eigenvalue weighted by Gasteiger charge is 2.15. The number of aromatic nitrogens is 1. The molecule has 4 nitrogen and oxygen atoms in total. The first-order valence-corrected chi connectivity index (χ1v) is 8.07. The molecule has 4 heteroatoms. The van der Waals surface area contributed by atoms with Crippen LogP contribution in [0, 0.1) is 0 Å². The summed E-state index contributed by atoms with van der Waals surface area (Å²) in [4.78, 5) is 3.32. The van der Waals surface area contributed by atoms with E-state index in [0.29, 0.717) is 6.04 Å². The van der Waals surface area contributed by atoms with E-state index in [2.05, 4.69) is 28.5 Å². The van der Waals surface area contributed by atoms with E-state index in [1.807, 2.05) is 36.5 Å². The molecule has 0 spiro atoms. The van der Waals surface area contributed by atoms with Crippen molar-refractivity contribution in [1.82, 2.24) is 4.98 Å². The summed E-state index contributed by atoms with van der Waals surface area (Å²) in [6.45, 7) is 1.65. The molecule has 0 bridgehead atoms. The minimum Gasteiger partial charge on any atom is -0.457 e. The van der Waals surface area contributed by atoms with E-state index >= 15 is 0 Å². The molecule has 0 unspecified atom stereocenters. The maximum atomic E-state index is 6.01. The maximum absolute atomic E-state index is 6.01. The van der Waals surface area contributed by atoms with Crippen LogP contribution in [0.5, 0.6) is 11.5 Å². The lowest BCUT2D eigenvalue weighted by Gasteiger charge is -2.24. The Morgan fingerprint density at radius 3 is 2.65 bits per heavy atom. The molecule has 0 radical (unpaired) electrons. The average molecular weight is 308 g/mol. The lowest BCUT2D eigenvalue weighted by atomic mass is 10.1. The molecule has 3 aromatic rings. The van der Waals surface area contributed by atoms with Gasteiger partial charge in [0.1, 0.15) is 11.5 Å². The number of para-hydroxylation sites is 1. The third-order valence-electron chi connectivity index (χ3n) is 4.19. The zero-order valence-electron chi connectivity index (χ0n) is 12.9. The van der Waals surface area contributed by atoms with E-state index < -0.39 is 0 Å². The van der Waals surface area contributed by atoms with Gasteiger partial charge in [-0.2, -0.15) is 0 Å². The average Bonchev–Trinajstić information content (AvgIpc) is 3.05. The highest BCUT2D eigenvalue weighted by molar-refractivity contribution is 5.92. The Morgan fingerprint density at radius 2 is 1.83 bits per heavy atom. The summed E-state index contributed by atoms with van der Waals surface area (Å²) < 4.78 is 11.4. The van der Waals surface area contributed by atoms with Crippen molar-refractivity contribution in [3.05, 3.63) is 54.7 Å². The van der Waals surface area contributed by atoms with Crippen molar-refractivity contribution in [2.45, 2.75) is 18.9 Å². The van der Waals surface area contributed by atoms with Gasteiger partial charge in [-0.15, -0.1) is 0 Å². The molecule has 118 valence electrons. The number of H-pyrrole nitrogens is 1. The molecule has 1 saturated heterocycles. The number of benzene rings is 2. The molecule has 1 aromatic heterocycles. The second kappa shape index (κ2) is 6.34. The van der Waals surface area contributed by atoms with Crippen molar-refractivity contribution in [3.8, 4) is 11.5 Å². The number of nitrogens with one attached hydrogen (secondary N) is 2. The first-order valence-electron chi connectivity index (χ1n) is 8.07. The zero-order chi connectivity index (χ0) is 15.5. The Morgan fingerprint density at radius 1 is 1.00 bits per heavy atom. The Bertz CT molecular complexity index is 776. The Hall–Kier alpha value is -2.46.